The summed E-state index contributed by atoms with van der Waals surface area (Å²) in [6.45, 7) is 4.09. The molecule has 2 amide bonds. The van der Waals surface area contributed by atoms with Crippen LogP contribution in [0.15, 0.2) is 41.8 Å². The van der Waals surface area contributed by atoms with Crippen molar-refractivity contribution < 1.29 is 9.59 Å². The highest BCUT2D eigenvalue weighted by molar-refractivity contribution is 7.12. The van der Waals surface area contributed by atoms with Gasteiger partial charge in [0.15, 0.2) is 0 Å². The predicted molar refractivity (Wildman–Crippen MR) is 104 cm³/mol. The molecule has 5 nitrogen and oxygen atoms in total. The summed E-state index contributed by atoms with van der Waals surface area (Å²) in [5, 5.41) is 2.63. The minimum Gasteiger partial charge on any atom is -0.368 e. The molecule has 0 bridgehead atoms. The maximum absolute atomic E-state index is 12.7. The van der Waals surface area contributed by atoms with E-state index < -0.39 is 0 Å². The van der Waals surface area contributed by atoms with Crippen molar-refractivity contribution in [1.82, 2.24) is 9.80 Å². The molecule has 0 unspecified atom stereocenters. The molecule has 26 heavy (non-hydrogen) atoms. The third kappa shape index (κ3) is 3.44. The number of rotatable bonds is 3. The molecule has 2 aliphatic heterocycles. The molecule has 0 spiro atoms. The van der Waals surface area contributed by atoms with E-state index in [1.54, 1.807) is 4.90 Å². The summed E-state index contributed by atoms with van der Waals surface area (Å²) in [6.07, 6.45) is 0. The van der Waals surface area contributed by atoms with Gasteiger partial charge in [0.05, 0.1) is 10.8 Å². The number of halogens is 1. The quantitative estimate of drug-likeness (QED) is 0.810. The first-order valence-electron chi connectivity index (χ1n) is 8.74. The van der Waals surface area contributed by atoms with E-state index in [1.165, 1.54) is 11.3 Å². The van der Waals surface area contributed by atoms with Gasteiger partial charge in [-0.25, -0.2) is 0 Å². The lowest BCUT2D eigenvalue weighted by Gasteiger charge is -2.43. The third-order valence-corrected chi connectivity index (χ3v) is 6.11. The molecule has 1 aromatic heterocycles. The molecular formula is C19H20ClN3O2S. The summed E-state index contributed by atoms with van der Waals surface area (Å²) >= 11 is 7.51. The zero-order chi connectivity index (χ0) is 18.1. The Balaban J connectivity index is 1.28. The number of hydrogen-bond acceptors (Lipinski definition) is 4. The Morgan fingerprint density at radius 3 is 2.42 bits per heavy atom. The Hall–Kier alpha value is -2.05. The maximum Gasteiger partial charge on any atom is 0.263 e. The average Bonchev–Trinajstić information content (AvgIpc) is 3.15. The summed E-state index contributed by atoms with van der Waals surface area (Å²) < 4.78 is 0. The van der Waals surface area contributed by atoms with Crippen molar-refractivity contribution in [2.45, 2.75) is 0 Å². The van der Waals surface area contributed by atoms with Gasteiger partial charge in [0.25, 0.3) is 5.91 Å². The highest BCUT2D eigenvalue weighted by Crippen LogP contribution is 2.25. The second-order valence-electron chi connectivity index (χ2n) is 6.68. The molecule has 0 saturated carbocycles. The molecule has 136 valence electrons. The second kappa shape index (κ2) is 7.29. The Morgan fingerprint density at radius 1 is 1.00 bits per heavy atom. The highest BCUT2D eigenvalue weighted by Gasteiger charge is 2.39. The van der Waals surface area contributed by atoms with Crippen molar-refractivity contribution in [3.63, 3.8) is 0 Å². The lowest BCUT2D eigenvalue weighted by molar-refractivity contribution is -0.140. The third-order valence-electron chi connectivity index (χ3n) is 5.01. The van der Waals surface area contributed by atoms with E-state index in [-0.39, 0.29) is 17.7 Å². The lowest BCUT2D eigenvalue weighted by atomic mass is 9.97. The fourth-order valence-electron chi connectivity index (χ4n) is 3.47. The molecule has 0 atom stereocenters. The molecule has 3 heterocycles. The van der Waals surface area contributed by atoms with Gasteiger partial charge < -0.3 is 14.7 Å². The molecule has 7 heteroatoms. The van der Waals surface area contributed by atoms with Crippen molar-refractivity contribution in [3.05, 3.63) is 51.7 Å². The highest BCUT2D eigenvalue weighted by atomic mass is 35.5. The largest absolute Gasteiger partial charge is 0.368 e. The monoisotopic (exact) mass is 389 g/mol. The number of amides is 2. The summed E-state index contributed by atoms with van der Waals surface area (Å²) in [4.78, 5) is 31.6. The van der Waals surface area contributed by atoms with Crippen LogP contribution in [0.1, 0.15) is 9.67 Å². The fraction of sp³-hybridized carbons (Fsp3) is 0.368. The Bertz CT molecular complexity index is 797. The molecular weight excluding hydrogens is 370 g/mol. The van der Waals surface area contributed by atoms with Gasteiger partial charge in [-0.3, -0.25) is 9.59 Å². The summed E-state index contributed by atoms with van der Waals surface area (Å²) in [5.41, 5.74) is 1.10. The van der Waals surface area contributed by atoms with Gasteiger partial charge in [-0.15, -0.1) is 11.3 Å². The predicted octanol–water partition coefficient (Wildman–Crippen LogP) is 2.82. The van der Waals surface area contributed by atoms with Gasteiger partial charge in [0, 0.05) is 50.0 Å². The Morgan fingerprint density at radius 2 is 1.77 bits per heavy atom. The van der Waals surface area contributed by atoms with E-state index in [2.05, 4.69) is 4.90 Å². The van der Waals surface area contributed by atoms with Gasteiger partial charge in [-0.1, -0.05) is 23.7 Å². The topological polar surface area (TPSA) is 43.9 Å². The SMILES string of the molecule is O=C(c1cccs1)N1CC(C(=O)N2CCN(c3cccc(Cl)c3)CC2)C1. The maximum atomic E-state index is 12.7. The molecule has 0 radical (unpaired) electrons. The fourth-order valence-corrected chi connectivity index (χ4v) is 4.35. The minimum atomic E-state index is -0.0587. The number of piperazine rings is 1. The van der Waals surface area contributed by atoms with Gasteiger partial charge in [-0.2, -0.15) is 0 Å². The number of likely N-dealkylation sites (tertiary alicyclic amines) is 1. The smallest absolute Gasteiger partial charge is 0.263 e. The molecule has 4 rings (SSSR count). The average molecular weight is 390 g/mol. The van der Waals surface area contributed by atoms with Crippen molar-refractivity contribution in [2.75, 3.05) is 44.2 Å². The lowest BCUT2D eigenvalue weighted by Crippen LogP contribution is -2.59. The van der Waals surface area contributed by atoms with Crippen LogP contribution in [0.3, 0.4) is 0 Å². The first-order valence-corrected chi connectivity index (χ1v) is 9.99. The number of hydrogen-bond donors (Lipinski definition) is 0. The minimum absolute atomic E-state index is 0.0369. The molecule has 0 N–H and O–H groups in total. The summed E-state index contributed by atoms with van der Waals surface area (Å²) in [6, 6.07) is 11.5. The second-order valence-corrected chi connectivity index (χ2v) is 8.06. The normalized spacial score (nSPS) is 18.0. The molecule has 1 aromatic carbocycles. The first-order chi connectivity index (χ1) is 12.6. The van der Waals surface area contributed by atoms with Gasteiger partial charge in [0.1, 0.15) is 0 Å². The molecule has 2 fully saturated rings. The molecule has 2 aromatic rings. The van der Waals surface area contributed by atoms with Crippen LogP contribution in [0.5, 0.6) is 0 Å². The number of thiophene rings is 1. The zero-order valence-electron chi connectivity index (χ0n) is 14.3. The van der Waals surface area contributed by atoms with E-state index in [0.717, 1.165) is 28.7 Å². The van der Waals surface area contributed by atoms with Crippen LogP contribution in [0, 0.1) is 5.92 Å². The number of benzene rings is 1. The summed E-state index contributed by atoms with van der Waals surface area (Å²) in [5.74, 6) is 0.150. The number of carbonyl (C=O) groups excluding carboxylic acids is 2. The van der Waals surface area contributed by atoms with Crippen LogP contribution in [0.4, 0.5) is 5.69 Å². The van der Waals surface area contributed by atoms with Crippen LogP contribution >= 0.6 is 22.9 Å². The number of carbonyl (C=O) groups is 2. The van der Waals surface area contributed by atoms with Crippen molar-refractivity contribution >= 4 is 40.4 Å². The Labute approximate surface area is 161 Å². The molecule has 2 aliphatic rings. The van der Waals surface area contributed by atoms with E-state index in [4.69, 9.17) is 11.6 Å². The zero-order valence-corrected chi connectivity index (χ0v) is 15.9. The van der Waals surface area contributed by atoms with Crippen molar-refractivity contribution in [3.8, 4) is 0 Å². The Kier molecular flexibility index (Phi) is 4.87. The van der Waals surface area contributed by atoms with Crippen molar-refractivity contribution in [1.29, 1.82) is 0 Å². The molecule has 2 saturated heterocycles. The van der Waals surface area contributed by atoms with Crippen LogP contribution in [-0.2, 0) is 4.79 Å². The van der Waals surface area contributed by atoms with Crippen LogP contribution < -0.4 is 4.90 Å². The van der Waals surface area contributed by atoms with E-state index in [1.807, 2.05) is 46.7 Å². The number of nitrogens with zero attached hydrogens (tertiary/aromatic N) is 3. The van der Waals surface area contributed by atoms with Gasteiger partial charge in [-0.05, 0) is 29.6 Å². The standard InChI is InChI=1S/C19H20ClN3O2S/c20-15-3-1-4-16(11-15)21-6-8-22(9-7-21)18(24)14-12-23(13-14)19(25)17-5-2-10-26-17/h1-5,10-11,14H,6-9,12-13H2. The van der Waals surface area contributed by atoms with E-state index in [0.29, 0.717) is 26.2 Å². The van der Waals surface area contributed by atoms with Gasteiger partial charge in [0.2, 0.25) is 5.91 Å². The van der Waals surface area contributed by atoms with E-state index >= 15 is 0 Å². The van der Waals surface area contributed by atoms with E-state index in [9.17, 15) is 9.59 Å². The molecule has 0 aliphatic carbocycles. The van der Waals surface area contributed by atoms with Crippen molar-refractivity contribution in [2.24, 2.45) is 5.92 Å². The number of anilines is 1. The first kappa shape index (κ1) is 17.4. The van der Waals surface area contributed by atoms with Gasteiger partial charge >= 0.3 is 0 Å². The van der Waals surface area contributed by atoms with Crippen LogP contribution in [0.2, 0.25) is 5.02 Å². The summed E-state index contributed by atoms with van der Waals surface area (Å²) in [7, 11) is 0. The van der Waals surface area contributed by atoms with Crippen LogP contribution in [0.25, 0.3) is 0 Å². The van der Waals surface area contributed by atoms with Crippen LogP contribution in [-0.4, -0.2) is 60.9 Å².